The van der Waals surface area contributed by atoms with Crippen molar-refractivity contribution in [2.75, 3.05) is 13.6 Å². The van der Waals surface area contributed by atoms with Crippen molar-refractivity contribution in [3.8, 4) is 0 Å². The average Bonchev–Trinajstić information content (AvgIpc) is 2.72. The van der Waals surface area contributed by atoms with Gasteiger partial charge in [-0.2, -0.15) is 0 Å². The molecule has 1 heterocycles. The van der Waals surface area contributed by atoms with E-state index < -0.39 is 18.1 Å². The first-order chi connectivity index (χ1) is 13.8. The van der Waals surface area contributed by atoms with Crippen molar-refractivity contribution in [3.05, 3.63) is 48.3 Å². The minimum atomic E-state index is -0.700. The molecule has 0 radical (unpaired) electrons. The third-order valence-corrected chi connectivity index (χ3v) is 5.26. The molecule has 158 valence electrons. The van der Waals surface area contributed by atoms with Crippen LogP contribution >= 0.6 is 0 Å². The highest BCUT2D eigenvalue weighted by Crippen LogP contribution is 2.17. The molecule has 1 aliphatic rings. The Hall–Kier alpha value is -2.67. The Kier molecular flexibility index (Phi) is 7.96. The summed E-state index contributed by atoms with van der Waals surface area (Å²) in [6, 6.07) is 8.23. The molecule has 0 aliphatic carbocycles. The summed E-state index contributed by atoms with van der Waals surface area (Å²) in [5.74, 6) is -0.767. The van der Waals surface area contributed by atoms with E-state index in [0.29, 0.717) is 6.54 Å². The molecular weight excluding hydrogens is 368 g/mol. The van der Waals surface area contributed by atoms with E-state index >= 15 is 0 Å². The Morgan fingerprint density at radius 1 is 1.10 bits per heavy atom. The molecule has 2 rings (SSSR count). The number of amides is 3. The maximum Gasteiger partial charge on any atom is 0.250 e. The van der Waals surface area contributed by atoms with Crippen LogP contribution in [0.3, 0.4) is 0 Å². The summed E-state index contributed by atoms with van der Waals surface area (Å²) >= 11 is 0. The first kappa shape index (κ1) is 22.6. The van der Waals surface area contributed by atoms with Gasteiger partial charge in [-0.3, -0.25) is 14.4 Å². The van der Waals surface area contributed by atoms with Gasteiger partial charge in [0, 0.05) is 18.9 Å². The first-order valence-electron chi connectivity index (χ1n) is 10.1. The summed E-state index contributed by atoms with van der Waals surface area (Å²) in [4.78, 5) is 41.2. The van der Waals surface area contributed by atoms with Crippen LogP contribution in [0.5, 0.6) is 0 Å². The van der Waals surface area contributed by atoms with Crippen molar-refractivity contribution in [1.82, 2.24) is 20.4 Å². The Morgan fingerprint density at radius 3 is 2.34 bits per heavy atom. The van der Waals surface area contributed by atoms with Gasteiger partial charge in [-0.25, -0.2) is 0 Å². The van der Waals surface area contributed by atoms with Gasteiger partial charge in [0.15, 0.2) is 0 Å². The van der Waals surface area contributed by atoms with E-state index in [0.717, 1.165) is 12.0 Å². The second kappa shape index (κ2) is 10.2. The monoisotopic (exact) mass is 400 g/mol. The van der Waals surface area contributed by atoms with E-state index in [-0.39, 0.29) is 23.6 Å². The first-order valence-corrected chi connectivity index (χ1v) is 10.1. The van der Waals surface area contributed by atoms with Gasteiger partial charge in [-0.1, -0.05) is 44.2 Å². The molecule has 1 aliphatic heterocycles. The number of benzene rings is 1. The zero-order valence-electron chi connectivity index (χ0n) is 17.9. The van der Waals surface area contributed by atoms with Crippen molar-refractivity contribution < 1.29 is 14.4 Å². The fourth-order valence-electron chi connectivity index (χ4n) is 3.14. The third-order valence-electron chi connectivity index (χ3n) is 5.26. The Balaban J connectivity index is 2.08. The predicted octanol–water partition coefficient (Wildman–Crippen LogP) is 1.51. The minimum absolute atomic E-state index is 0.109. The number of nitrogens with zero attached hydrogens (tertiary/aromatic N) is 2. The van der Waals surface area contributed by atoms with E-state index in [1.807, 2.05) is 44.2 Å². The van der Waals surface area contributed by atoms with Crippen molar-refractivity contribution in [3.63, 3.8) is 0 Å². The van der Waals surface area contributed by atoms with E-state index in [4.69, 9.17) is 0 Å². The Bertz CT molecular complexity index is 748. The lowest BCUT2D eigenvalue weighted by Crippen LogP contribution is -2.58. The molecule has 1 aromatic rings. The standard InChI is InChI=1S/C22H32N4O3/c1-15(2)19(24-20(27)16(3)23-5)22(29)26-14-13-25(21(28)17(26)4)12-11-18-9-7-6-8-10-18/h6-10,13-17,19,23H,11-12H2,1-5H3,(H,24,27)/t16-,17-,19-/m0/s1. The molecule has 7 nitrogen and oxygen atoms in total. The number of hydrogen-bond donors (Lipinski definition) is 2. The molecule has 0 saturated carbocycles. The van der Waals surface area contributed by atoms with Crippen LogP contribution in [-0.2, 0) is 20.8 Å². The molecule has 0 unspecified atom stereocenters. The van der Waals surface area contributed by atoms with Crippen LogP contribution in [0.1, 0.15) is 33.3 Å². The number of carbonyl (C=O) groups is 3. The largest absolute Gasteiger partial charge is 0.343 e. The van der Waals surface area contributed by atoms with Crippen LogP contribution < -0.4 is 10.6 Å². The second-order valence-electron chi connectivity index (χ2n) is 7.73. The third kappa shape index (κ3) is 5.67. The molecule has 1 aromatic carbocycles. The van der Waals surface area contributed by atoms with Crippen molar-refractivity contribution in [2.24, 2.45) is 5.92 Å². The molecule has 2 N–H and O–H groups in total. The fourth-order valence-corrected chi connectivity index (χ4v) is 3.14. The molecule has 0 saturated heterocycles. The molecule has 0 aromatic heterocycles. The van der Waals surface area contributed by atoms with E-state index in [1.54, 1.807) is 38.2 Å². The SMILES string of the molecule is CN[C@@H](C)C(=O)N[C@H](C(=O)N1C=CN(CCc2ccccc2)C(=O)[C@@H]1C)C(C)C. The summed E-state index contributed by atoms with van der Waals surface area (Å²) in [5, 5.41) is 5.67. The maximum absolute atomic E-state index is 13.1. The van der Waals surface area contributed by atoms with E-state index in [9.17, 15) is 14.4 Å². The number of likely N-dealkylation sites (N-methyl/N-ethyl adjacent to an activating group) is 1. The molecule has 29 heavy (non-hydrogen) atoms. The van der Waals surface area contributed by atoms with Crippen LogP contribution in [0.2, 0.25) is 0 Å². The van der Waals surface area contributed by atoms with Crippen LogP contribution in [0.4, 0.5) is 0 Å². The molecule has 3 atom stereocenters. The molecule has 0 spiro atoms. The van der Waals surface area contributed by atoms with Gasteiger partial charge in [0.05, 0.1) is 6.04 Å². The quantitative estimate of drug-likeness (QED) is 0.693. The minimum Gasteiger partial charge on any atom is -0.343 e. The maximum atomic E-state index is 13.1. The smallest absolute Gasteiger partial charge is 0.250 e. The molecule has 7 heteroatoms. The summed E-state index contributed by atoms with van der Waals surface area (Å²) in [6.45, 7) is 7.75. The molecule has 0 fully saturated rings. The fraction of sp³-hybridized carbons (Fsp3) is 0.500. The van der Waals surface area contributed by atoms with Crippen LogP contribution in [0.25, 0.3) is 0 Å². The lowest BCUT2D eigenvalue weighted by molar-refractivity contribution is -0.145. The van der Waals surface area contributed by atoms with Gasteiger partial charge in [-0.15, -0.1) is 0 Å². The van der Waals surface area contributed by atoms with Crippen LogP contribution in [0, 0.1) is 5.92 Å². The number of carbonyl (C=O) groups excluding carboxylic acids is 3. The zero-order chi connectivity index (χ0) is 21.6. The highest BCUT2D eigenvalue weighted by Gasteiger charge is 2.36. The van der Waals surface area contributed by atoms with Crippen molar-refractivity contribution in [2.45, 2.75) is 52.2 Å². The normalized spacial score (nSPS) is 18.7. The van der Waals surface area contributed by atoms with E-state index in [1.165, 1.54) is 4.90 Å². The van der Waals surface area contributed by atoms with Crippen molar-refractivity contribution in [1.29, 1.82) is 0 Å². The summed E-state index contributed by atoms with van der Waals surface area (Å²) in [5.41, 5.74) is 1.15. The second-order valence-corrected chi connectivity index (χ2v) is 7.73. The number of nitrogens with one attached hydrogen (secondary N) is 2. The van der Waals surface area contributed by atoms with Gasteiger partial charge in [0.1, 0.15) is 12.1 Å². The van der Waals surface area contributed by atoms with Gasteiger partial charge >= 0.3 is 0 Å². The van der Waals surface area contributed by atoms with Gasteiger partial charge in [0.2, 0.25) is 17.7 Å². The van der Waals surface area contributed by atoms with Gasteiger partial charge in [-0.05, 0) is 38.8 Å². The van der Waals surface area contributed by atoms with Crippen LogP contribution in [0.15, 0.2) is 42.7 Å². The number of hydrogen-bond acceptors (Lipinski definition) is 4. The average molecular weight is 401 g/mol. The molecule has 0 bridgehead atoms. The Morgan fingerprint density at radius 2 is 1.76 bits per heavy atom. The zero-order valence-corrected chi connectivity index (χ0v) is 17.9. The summed E-state index contributed by atoms with van der Waals surface area (Å²) in [7, 11) is 1.69. The molecular formula is C22H32N4O3. The van der Waals surface area contributed by atoms with E-state index in [2.05, 4.69) is 10.6 Å². The lowest BCUT2D eigenvalue weighted by Gasteiger charge is -2.36. The highest BCUT2D eigenvalue weighted by molar-refractivity contribution is 5.94. The van der Waals surface area contributed by atoms with Crippen LogP contribution in [-0.4, -0.2) is 59.2 Å². The topological polar surface area (TPSA) is 81.8 Å². The predicted molar refractivity (Wildman–Crippen MR) is 113 cm³/mol. The van der Waals surface area contributed by atoms with Gasteiger partial charge < -0.3 is 20.4 Å². The lowest BCUT2D eigenvalue weighted by atomic mass is 10.0. The highest BCUT2D eigenvalue weighted by atomic mass is 16.2. The van der Waals surface area contributed by atoms with Gasteiger partial charge in [0.25, 0.3) is 0 Å². The Labute approximate surface area is 173 Å². The van der Waals surface area contributed by atoms with Crippen molar-refractivity contribution >= 4 is 17.7 Å². The molecule has 3 amide bonds. The summed E-state index contributed by atoms with van der Waals surface area (Å²) in [6.07, 6.45) is 4.03. The number of rotatable bonds is 8. The summed E-state index contributed by atoms with van der Waals surface area (Å²) < 4.78 is 0.